The molecule has 0 bridgehead atoms. The average molecular weight is 488 g/mol. The van der Waals surface area contributed by atoms with Gasteiger partial charge in [0.2, 0.25) is 0 Å². The van der Waals surface area contributed by atoms with Crippen molar-refractivity contribution in [3.8, 4) is 34.1 Å². The fraction of sp³-hybridized carbons (Fsp3) is 0.368. The predicted molar refractivity (Wildman–Crippen MR) is 112 cm³/mol. The van der Waals surface area contributed by atoms with E-state index in [1.165, 1.54) is 26.4 Å². The van der Waals surface area contributed by atoms with Crippen molar-refractivity contribution in [3.63, 3.8) is 0 Å². The highest BCUT2D eigenvalue weighted by Gasteiger charge is 2.37. The second-order valence-electron chi connectivity index (χ2n) is 7.49. The average Bonchev–Trinajstić information content (AvgIpc) is 2.67. The molecule has 2 aliphatic rings. The molecule has 0 unspecified atom stereocenters. The summed E-state index contributed by atoms with van der Waals surface area (Å²) in [6, 6.07) is 4.39. The molecule has 2 aromatic rings. The minimum Gasteiger partial charge on any atom is -0.493 e. The van der Waals surface area contributed by atoms with Gasteiger partial charge in [0.15, 0.2) is 23.0 Å². The molecule has 0 aromatic heterocycles. The highest BCUT2D eigenvalue weighted by Crippen LogP contribution is 2.54. The Morgan fingerprint density at radius 1 is 0.906 bits per heavy atom. The van der Waals surface area contributed by atoms with E-state index >= 15 is 0 Å². The predicted octanol–water partition coefficient (Wildman–Crippen LogP) is 1.82. The van der Waals surface area contributed by atoms with Crippen LogP contribution in [0, 0.1) is 0 Å². The van der Waals surface area contributed by atoms with Gasteiger partial charge in [-0.3, -0.25) is 14.0 Å². The first-order valence-electron chi connectivity index (χ1n) is 9.41. The van der Waals surface area contributed by atoms with Gasteiger partial charge in [-0.25, -0.2) is 0 Å². The quantitative estimate of drug-likeness (QED) is 0.575. The van der Waals surface area contributed by atoms with Crippen molar-refractivity contribution in [2.45, 2.75) is 18.9 Å². The van der Waals surface area contributed by atoms with Gasteiger partial charge in [-0.2, -0.15) is 16.8 Å². The lowest BCUT2D eigenvalue weighted by atomic mass is 9.76. The van der Waals surface area contributed by atoms with Crippen LogP contribution in [-0.4, -0.2) is 58.7 Å². The van der Waals surface area contributed by atoms with Crippen molar-refractivity contribution < 1.29 is 43.8 Å². The van der Waals surface area contributed by atoms with Crippen LogP contribution < -0.4 is 17.8 Å². The highest BCUT2D eigenvalue weighted by atomic mass is 32.3. The third-order valence-corrected chi connectivity index (χ3v) is 6.42. The molecule has 1 aliphatic carbocycles. The molecule has 0 fully saturated rings. The molecule has 32 heavy (non-hydrogen) atoms. The molecule has 1 heterocycles. The zero-order valence-corrected chi connectivity index (χ0v) is 19.0. The first kappa shape index (κ1) is 22.6. The van der Waals surface area contributed by atoms with Crippen LogP contribution in [0.5, 0.6) is 23.0 Å². The normalized spacial score (nSPS) is 17.8. The molecule has 2 N–H and O–H groups in total. The van der Waals surface area contributed by atoms with Gasteiger partial charge in [0, 0.05) is 18.2 Å². The van der Waals surface area contributed by atoms with E-state index in [2.05, 4.69) is 9.08 Å². The third-order valence-electron chi connectivity index (χ3n) is 5.64. The number of methoxy groups -OCH3 is 2. The van der Waals surface area contributed by atoms with E-state index in [9.17, 15) is 21.4 Å². The van der Waals surface area contributed by atoms with E-state index in [1.807, 2.05) is 7.05 Å². The Kier molecular flexibility index (Phi) is 5.49. The van der Waals surface area contributed by atoms with Crippen LogP contribution in [0.1, 0.15) is 22.7 Å². The summed E-state index contributed by atoms with van der Waals surface area (Å²) in [5.41, 5.74) is 3.54. The fourth-order valence-electron chi connectivity index (χ4n) is 4.42. The van der Waals surface area contributed by atoms with E-state index in [-0.39, 0.29) is 29.0 Å². The molecule has 0 spiro atoms. The summed E-state index contributed by atoms with van der Waals surface area (Å²) in [7, 11) is -5.01. The zero-order valence-electron chi connectivity index (χ0n) is 17.4. The van der Waals surface area contributed by atoms with E-state index in [0.29, 0.717) is 36.1 Å². The van der Waals surface area contributed by atoms with Gasteiger partial charge in [-0.05, 0) is 60.3 Å². The molecular weight excluding hydrogens is 466 g/mol. The molecule has 0 saturated carbocycles. The molecular formula is C19H21NO10S2. The molecule has 0 radical (unpaired) electrons. The first-order chi connectivity index (χ1) is 14.9. The number of hydrogen-bond donors (Lipinski definition) is 2. The van der Waals surface area contributed by atoms with Crippen molar-refractivity contribution in [2.75, 3.05) is 27.8 Å². The molecule has 174 valence electrons. The lowest BCUT2D eigenvalue weighted by molar-refractivity contribution is 0.227. The molecule has 11 nitrogen and oxygen atoms in total. The third kappa shape index (κ3) is 4.09. The smallest absolute Gasteiger partial charge is 0.446 e. The van der Waals surface area contributed by atoms with Crippen LogP contribution in [0.3, 0.4) is 0 Å². The van der Waals surface area contributed by atoms with Crippen LogP contribution in [0.4, 0.5) is 0 Å². The molecule has 2 aromatic carbocycles. The fourth-order valence-corrected chi connectivity index (χ4v) is 5.13. The highest BCUT2D eigenvalue weighted by molar-refractivity contribution is 7.81. The summed E-state index contributed by atoms with van der Waals surface area (Å²) in [5.74, 6) is -0.244. The summed E-state index contributed by atoms with van der Waals surface area (Å²) < 4.78 is 84.1. The van der Waals surface area contributed by atoms with Crippen molar-refractivity contribution >= 4 is 20.8 Å². The number of likely N-dealkylation sites (N-methyl/N-ethyl adjacent to an activating group) is 1. The van der Waals surface area contributed by atoms with E-state index in [0.717, 1.165) is 11.1 Å². The lowest BCUT2D eigenvalue weighted by Crippen LogP contribution is -2.35. The van der Waals surface area contributed by atoms with E-state index in [1.54, 1.807) is 6.07 Å². The number of nitrogens with zero attached hydrogens (tertiary/aromatic N) is 1. The Labute approximate surface area is 185 Å². The molecule has 13 heteroatoms. The summed E-state index contributed by atoms with van der Waals surface area (Å²) >= 11 is 0. The molecule has 0 amide bonds. The number of rotatable bonds is 6. The van der Waals surface area contributed by atoms with Gasteiger partial charge < -0.3 is 17.8 Å². The Morgan fingerprint density at radius 3 is 2.12 bits per heavy atom. The SMILES string of the molecule is COc1cc2c(cc1OS(=O)(=O)O)C[C@H]1c3c(cc(OS(=O)(=O)O)c(OC)c3-2)CCN1C. The van der Waals surface area contributed by atoms with E-state index in [4.69, 9.17) is 18.2 Å². The maximum Gasteiger partial charge on any atom is 0.446 e. The van der Waals surface area contributed by atoms with Gasteiger partial charge in [0.05, 0.1) is 14.2 Å². The van der Waals surface area contributed by atoms with E-state index < -0.39 is 20.8 Å². The topological polar surface area (TPSA) is 149 Å². The monoisotopic (exact) mass is 487 g/mol. The summed E-state index contributed by atoms with van der Waals surface area (Å²) in [4.78, 5) is 2.12. The van der Waals surface area contributed by atoms with Crippen LogP contribution in [0.15, 0.2) is 18.2 Å². The molecule has 0 saturated heterocycles. The minimum atomic E-state index is -4.81. The van der Waals surface area contributed by atoms with Gasteiger partial charge in [0.1, 0.15) is 0 Å². The molecule has 1 atom stereocenters. The number of fused-ring (bicyclic) bond motifs is 2. The Morgan fingerprint density at radius 2 is 1.53 bits per heavy atom. The van der Waals surface area contributed by atoms with Gasteiger partial charge in [-0.1, -0.05) is 0 Å². The summed E-state index contributed by atoms with van der Waals surface area (Å²) in [5, 5.41) is 0. The molecule has 4 rings (SSSR count). The van der Waals surface area contributed by atoms with Crippen LogP contribution >= 0.6 is 0 Å². The first-order valence-corrected chi connectivity index (χ1v) is 12.1. The van der Waals surface area contributed by atoms with Crippen molar-refractivity contribution in [1.29, 1.82) is 0 Å². The summed E-state index contributed by atoms with van der Waals surface area (Å²) in [6.45, 7) is 0.675. The Hall–Kier alpha value is -2.58. The number of ether oxygens (including phenoxy) is 2. The molecule has 1 aliphatic heterocycles. The van der Waals surface area contributed by atoms with Crippen molar-refractivity contribution in [2.24, 2.45) is 0 Å². The van der Waals surface area contributed by atoms with Crippen molar-refractivity contribution in [3.05, 3.63) is 34.9 Å². The largest absolute Gasteiger partial charge is 0.493 e. The van der Waals surface area contributed by atoms with Gasteiger partial charge in [0.25, 0.3) is 0 Å². The zero-order chi connectivity index (χ0) is 23.4. The standard InChI is InChI=1S/C19H21NO10S2/c1-20-5-4-10-7-16(30-32(24,25)26)19(28-3)18-12-9-14(27-2)15(29-31(21,22)23)8-11(12)6-13(20)17(10)18/h7-9,13H,4-6H2,1-3H3,(H,21,22,23)(H,24,25,26)/t13-/m0/s1. The second-order valence-corrected chi connectivity index (χ2v) is 9.53. The maximum absolute atomic E-state index is 11.4. The summed E-state index contributed by atoms with van der Waals surface area (Å²) in [6.07, 6.45) is 1.09. The Bertz CT molecular complexity index is 1300. The van der Waals surface area contributed by atoms with Gasteiger partial charge in [-0.15, -0.1) is 0 Å². The Balaban J connectivity index is 2.03. The maximum atomic E-state index is 11.4. The number of benzene rings is 2. The van der Waals surface area contributed by atoms with Crippen LogP contribution in [0.25, 0.3) is 11.1 Å². The van der Waals surface area contributed by atoms with Crippen molar-refractivity contribution in [1.82, 2.24) is 4.90 Å². The van der Waals surface area contributed by atoms with Crippen LogP contribution in [0.2, 0.25) is 0 Å². The van der Waals surface area contributed by atoms with Gasteiger partial charge >= 0.3 is 20.8 Å². The number of hydrogen-bond acceptors (Lipinski definition) is 9. The second kappa shape index (κ2) is 7.78. The lowest BCUT2D eigenvalue weighted by Gasteiger charge is -2.40. The van der Waals surface area contributed by atoms with Crippen LogP contribution in [-0.2, 0) is 33.6 Å². The minimum absolute atomic E-state index is 0.0286.